The van der Waals surface area contributed by atoms with E-state index in [1.165, 1.54) is 33.9 Å². The number of fused-ring (bicyclic) bond motifs is 5. The molecule has 3 aromatic carbocycles. The van der Waals surface area contributed by atoms with Crippen LogP contribution in [0.4, 0.5) is 11.4 Å². The van der Waals surface area contributed by atoms with Crippen LogP contribution in [0.15, 0.2) is 132 Å². The Balaban J connectivity index is 1.48. The highest BCUT2D eigenvalue weighted by Gasteiger charge is 2.60. The van der Waals surface area contributed by atoms with E-state index in [1.54, 1.807) is 0 Å². The Labute approximate surface area is 232 Å². The average Bonchev–Trinajstić information content (AvgIpc) is 3.50. The normalized spacial score (nSPS) is 26.6. The van der Waals surface area contributed by atoms with E-state index in [-0.39, 0.29) is 23.5 Å². The van der Waals surface area contributed by atoms with Crippen molar-refractivity contribution in [3.8, 4) is 5.75 Å². The summed E-state index contributed by atoms with van der Waals surface area (Å²) in [5.74, 6) is 1.20. The molecule has 0 spiro atoms. The SMILES string of the molecule is CCCC1=CN(c2ccccc2)C2[C@H]3Oc4ccccc4[C@H]3C=C(N(C3=CCCC=C3)c3ccccc3)C12C. The standard InChI is InChI=1S/C36H36N2O/c1-3-15-26-25-37(27-16-7-4-8-17-27)35-34-31(30-22-13-14-23-32(30)39-34)24-33(36(26,35)2)38(28-18-9-5-10-19-28)29-20-11-6-12-21-29/h4-5,7-11,13-14,16-25,31,34-35H,3,6,12,15H2,1-2H3/t31-,34+,35?,36?/m1/s1. The number of rotatable bonds is 6. The maximum Gasteiger partial charge on any atom is 0.131 e. The molecule has 4 aliphatic rings. The summed E-state index contributed by atoms with van der Waals surface area (Å²) in [7, 11) is 0. The molecule has 0 amide bonds. The fraction of sp³-hybridized carbons (Fsp3) is 0.278. The lowest BCUT2D eigenvalue weighted by Gasteiger charge is -2.50. The fourth-order valence-corrected chi connectivity index (χ4v) is 7.21. The maximum absolute atomic E-state index is 6.88. The van der Waals surface area contributed by atoms with Crippen LogP contribution in [-0.4, -0.2) is 12.1 Å². The van der Waals surface area contributed by atoms with Crippen molar-refractivity contribution in [2.24, 2.45) is 5.41 Å². The molecule has 0 saturated carbocycles. The van der Waals surface area contributed by atoms with Gasteiger partial charge in [0.05, 0.1) is 11.5 Å². The van der Waals surface area contributed by atoms with Crippen LogP contribution in [0.5, 0.6) is 5.75 Å². The third kappa shape index (κ3) is 3.78. The van der Waals surface area contributed by atoms with Crippen LogP contribution < -0.4 is 14.5 Å². The van der Waals surface area contributed by atoms with Gasteiger partial charge in [0, 0.05) is 40.5 Å². The molecule has 0 bridgehead atoms. The zero-order valence-corrected chi connectivity index (χ0v) is 22.8. The number of allylic oxidation sites excluding steroid dienone is 3. The molecule has 0 saturated heterocycles. The van der Waals surface area contributed by atoms with Crippen LogP contribution in [0.25, 0.3) is 0 Å². The molecule has 2 aliphatic carbocycles. The van der Waals surface area contributed by atoms with Crippen molar-refractivity contribution in [1.29, 1.82) is 0 Å². The number of anilines is 2. The van der Waals surface area contributed by atoms with E-state index in [4.69, 9.17) is 4.74 Å². The van der Waals surface area contributed by atoms with Gasteiger partial charge >= 0.3 is 0 Å². The van der Waals surface area contributed by atoms with E-state index >= 15 is 0 Å². The molecule has 0 N–H and O–H groups in total. The summed E-state index contributed by atoms with van der Waals surface area (Å²) in [5.41, 5.74) is 7.58. The monoisotopic (exact) mass is 512 g/mol. The van der Waals surface area contributed by atoms with E-state index < -0.39 is 0 Å². The van der Waals surface area contributed by atoms with Gasteiger partial charge in [-0.3, -0.25) is 0 Å². The number of ether oxygens (including phenoxy) is 1. The van der Waals surface area contributed by atoms with Crippen molar-refractivity contribution in [3.63, 3.8) is 0 Å². The highest BCUT2D eigenvalue weighted by Crippen LogP contribution is 2.60. The number of nitrogens with zero attached hydrogens (tertiary/aromatic N) is 2. The maximum atomic E-state index is 6.88. The summed E-state index contributed by atoms with van der Waals surface area (Å²) in [6.45, 7) is 4.77. The predicted octanol–water partition coefficient (Wildman–Crippen LogP) is 8.75. The Kier molecular flexibility index (Phi) is 5.96. The van der Waals surface area contributed by atoms with Gasteiger partial charge < -0.3 is 14.5 Å². The van der Waals surface area contributed by atoms with Gasteiger partial charge in [0.1, 0.15) is 11.9 Å². The Morgan fingerprint density at radius 1 is 0.923 bits per heavy atom. The lowest BCUT2D eigenvalue weighted by atomic mass is 9.64. The van der Waals surface area contributed by atoms with Gasteiger partial charge in [-0.25, -0.2) is 0 Å². The minimum atomic E-state index is -0.239. The molecule has 7 rings (SSSR count). The van der Waals surface area contributed by atoms with Crippen molar-refractivity contribution >= 4 is 11.4 Å². The van der Waals surface area contributed by atoms with Gasteiger partial charge in [-0.05, 0) is 68.2 Å². The highest BCUT2D eigenvalue weighted by molar-refractivity contribution is 5.69. The summed E-state index contributed by atoms with van der Waals surface area (Å²) in [5, 5.41) is 0. The first-order valence-electron chi connectivity index (χ1n) is 14.4. The van der Waals surface area contributed by atoms with E-state index in [0.29, 0.717) is 0 Å². The zero-order chi connectivity index (χ0) is 26.4. The van der Waals surface area contributed by atoms with Crippen LogP contribution >= 0.6 is 0 Å². The summed E-state index contributed by atoms with van der Waals surface area (Å²) >= 11 is 0. The van der Waals surface area contributed by atoms with Crippen LogP contribution in [-0.2, 0) is 0 Å². The van der Waals surface area contributed by atoms with Gasteiger partial charge in [0.25, 0.3) is 0 Å². The van der Waals surface area contributed by atoms with E-state index in [1.807, 2.05) is 0 Å². The molecule has 2 heterocycles. The molecule has 3 nitrogen and oxygen atoms in total. The summed E-state index contributed by atoms with van der Waals surface area (Å²) in [4.78, 5) is 5.06. The Morgan fingerprint density at radius 2 is 1.67 bits per heavy atom. The first-order chi connectivity index (χ1) is 19.2. The van der Waals surface area contributed by atoms with Crippen LogP contribution in [0.2, 0.25) is 0 Å². The lowest BCUT2D eigenvalue weighted by Crippen LogP contribution is -2.56. The Morgan fingerprint density at radius 3 is 2.41 bits per heavy atom. The van der Waals surface area contributed by atoms with Crippen molar-refractivity contribution in [2.45, 2.75) is 57.6 Å². The summed E-state index contributed by atoms with van der Waals surface area (Å²) in [6, 6.07) is 30.6. The number of hydrogen-bond donors (Lipinski definition) is 0. The highest BCUT2D eigenvalue weighted by atomic mass is 16.5. The van der Waals surface area contributed by atoms with E-state index in [0.717, 1.165) is 31.4 Å². The molecule has 196 valence electrons. The van der Waals surface area contributed by atoms with Gasteiger partial charge in [0.2, 0.25) is 0 Å². The van der Waals surface area contributed by atoms with Crippen LogP contribution in [0.3, 0.4) is 0 Å². The molecule has 0 fully saturated rings. The largest absolute Gasteiger partial charge is 0.487 e. The second-order valence-corrected chi connectivity index (χ2v) is 11.3. The van der Waals surface area contributed by atoms with Crippen molar-refractivity contribution < 1.29 is 4.74 Å². The minimum absolute atomic E-state index is 0.0236. The zero-order valence-electron chi connectivity index (χ0n) is 22.8. The van der Waals surface area contributed by atoms with Crippen molar-refractivity contribution in [3.05, 3.63) is 138 Å². The first kappa shape index (κ1) is 24.1. The number of hydrogen-bond acceptors (Lipinski definition) is 3. The number of benzene rings is 3. The van der Waals surface area contributed by atoms with Gasteiger partial charge in [-0.15, -0.1) is 0 Å². The fourth-order valence-electron chi connectivity index (χ4n) is 7.21. The third-order valence-corrected chi connectivity index (χ3v) is 8.99. The summed E-state index contributed by atoms with van der Waals surface area (Å²) in [6.07, 6.45) is 16.4. The van der Waals surface area contributed by atoms with Gasteiger partial charge in [0.15, 0.2) is 0 Å². The predicted molar refractivity (Wildman–Crippen MR) is 161 cm³/mol. The van der Waals surface area contributed by atoms with Gasteiger partial charge in [-0.2, -0.15) is 0 Å². The molecule has 0 aromatic heterocycles. The molecular formula is C36H36N2O. The molecular weight excluding hydrogens is 476 g/mol. The minimum Gasteiger partial charge on any atom is -0.487 e. The molecule has 0 radical (unpaired) electrons. The molecule has 3 heteroatoms. The second-order valence-electron chi connectivity index (χ2n) is 11.3. The average molecular weight is 513 g/mol. The molecule has 4 atom stereocenters. The van der Waals surface area contributed by atoms with Crippen LogP contribution in [0.1, 0.15) is 51.0 Å². The van der Waals surface area contributed by atoms with Gasteiger partial charge in [-0.1, -0.05) is 86.2 Å². The van der Waals surface area contributed by atoms with Crippen molar-refractivity contribution in [1.82, 2.24) is 0 Å². The molecule has 2 unspecified atom stereocenters. The first-order valence-corrected chi connectivity index (χ1v) is 14.4. The third-order valence-electron chi connectivity index (χ3n) is 8.99. The number of para-hydroxylation sites is 3. The van der Waals surface area contributed by atoms with Crippen LogP contribution in [0, 0.1) is 5.41 Å². The van der Waals surface area contributed by atoms with E-state index in [2.05, 4.69) is 139 Å². The quantitative estimate of drug-likeness (QED) is 0.328. The van der Waals surface area contributed by atoms with E-state index in [9.17, 15) is 0 Å². The molecule has 3 aromatic rings. The Bertz CT molecular complexity index is 1480. The summed E-state index contributed by atoms with van der Waals surface area (Å²) < 4.78 is 6.88. The lowest BCUT2D eigenvalue weighted by molar-refractivity contribution is 0.132. The Hall–Kier alpha value is -3.98. The topological polar surface area (TPSA) is 15.7 Å². The second kappa shape index (κ2) is 9.64. The smallest absolute Gasteiger partial charge is 0.131 e. The van der Waals surface area contributed by atoms with Crippen molar-refractivity contribution in [2.75, 3.05) is 9.80 Å². The molecule has 2 aliphatic heterocycles. The molecule has 39 heavy (non-hydrogen) atoms.